The van der Waals surface area contributed by atoms with Crippen LogP contribution in [0.2, 0.25) is 5.02 Å². The van der Waals surface area contributed by atoms with E-state index in [1.807, 2.05) is 0 Å². The van der Waals surface area contributed by atoms with Gasteiger partial charge in [-0.15, -0.1) is 0 Å². The zero-order chi connectivity index (χ0) is 13.2. The van der Waals surface area contributed by atoms with Crippen LogP contribution in [0.15, 0.2) is 6.07 Å². The number of aromatic hydroxyl groups is 1. The topological polar surface area (TPSA) is 66.8 Å². The van der Waals surface area contributed by atoms with Gasteiger partial charge in [0.1, 0.15) is 5.82 Å². The number of ether oxygens (including phenoxy) is 1. The lowest BCUT2D eigenvalue weighted by atomic mass is 10.00. The molecule has 0 aliphatic heterocycles. The molecule has 1 unspecified atom stereocenters. The second-order valence-electron chi connectivity index (χ2n) is 3.65. The average molecular weight is 263 g/mol. The lowest BCUT2D eigenvalue weighted by Gasteiger charge is -2.13. The van der Waals surface area contributed by atoms with Gasteiger partial charge in [0.05, 0.1) is 18.1 Å². The molecule has 0 heterocycles. The summed E-state index contributed by atoms with van der Waals surface area (Å²) in [6.45, 7) is 1.44. The van der Waals surface area contributed by atoms with Crippen LogP contribution in [0, 0.1) is 11.7 Å². The van der Waals surface area contributed by atoms with Crippen LogP contribution in [0.25, 0.3) is 0 Å². The van der Waals surface area contributed by atoms with Gasteiger partial charge < -0.3 is 14.9 Å². The predicted molar refractivity (Wildman–Crippen MR) is 60.1 cm³/mol. The summed E-state index contributed by atoms with van der Waals surface area (Å²) in [7, 11) is 1.27. The van der Waals surface area contributed by atoms with E-state index in [2.05, 4.69) is 0 Å². The first-order valence-electron chi connectivity index (χ1n) is 4.85. The lowest BCUT2D eigenvalue weighted by Crippen LogP contribution is -2.13. The van der Waals surface area contributed by atoms with Gasteiger partial charge in [0.15, 0.2) is 11.5 Å². The Hall–Kier alpha value is -1.49. The Morgan fingerprint density at radius 2 is 2.24 bits per heavy atom. The third kappa shape index (κ3) is 2.79. The number of carboxylic acids is 1. The number of aliphatic carboxylic acids is 1. The minimum Gasteiger partial charge on any atom is -0.504 e. The molecule has 2 N–H and O–H groups in total. The van der Waals surface area contributed by atoms with Crippen molar-refractivity contribution < 1.29 is 24.1 Å². The molecule has 6 heteroatoms. The smallest absolute Gasteiger partial charge is 0.306 e. The van der Waals surface area contributed by atoms with E-state index in [0.29, 0.717) is 0 Å². The van der Waals surface area contributed by atoms with Crippen LogP contribution in [-0.2, 0) is 11.2 Å². The molecular weight excluding hydrogens is 251 g/mol. The maximum atomic E-state index is 13.4. The number of carboxylic acid groups (broad SMARTS) is 1. The predicted octanol–water partition coefficient (Wildman–Crippen LogP) is 2.46. The van der Waals surface area contributed by atoms with E-state index in [4.69, 9.17) is 21.4 Å². The summed E-state index contributed by atoms with van der Waals surface area (Å²) >= 11 is 5.69. The highest BCUT2D eigenvalue weighted by atomic mass is 35.5. The van der Waals surface area contributed by atoms with Crippen LogP contribution < -0.4 is 4.74 Å². The molecule has 1 rings (SSSR count). The summed E-state index contributed by atoms with van der Waals surface area (Å²) in [4.78, 5) is 10.7. The van der Waals surface area contributed by atoms with Gasteiger partial charge in [-0.25, -0.2) is 4.39 Å². The van der Waals surface area contributed by atoms with E-state index >= 15 is 0 Å². The van der Waals surface area contributed by atoms with Crippen molar-refractivity contribution in [2.45, 2.75) is 13.3 Å². The van der Waals surface area contributed by atoms with Crippen molar-refractivity contribution in [2.75, 3.05) is 7.11 Å². The number of benzene rings is 1. The second-order valence-corrected chi connectivity index (χ2v) is 4.02. The molecule has 0 bridgehead atoms. The normalized spacial score (nSPS) is 12.2. The van der Waals surface area contributed by atoms with Crippen molar-refractivity contribution in [3.63, 3.8) is 0 Å². The first-order chi connectivity index (χ1) is 7.88. The molecule has 0 radical (unpaired) electrons. The van der Waals surface area contributed by atoms with Gasteiger partial charge in [-0.2, -0.15) is 0 Å². The van der Waals surface area contributed by atoms with Crippen LogP contribution in [0.3, 0.4) is 0 Å². The van der Waals surface area contributed by atoms with E-state index in [1.165, 1.54) is 14.0 Å². The van der Waals surface area contributed by atoms with E-state index in [9.17, 15) is 14.3 Å². The van der Waals surface area contributed by atoms with E-state index in [0.717, 1.165) is 6.07 Å². The molecule has 0 saturated carbocycles. The number of halogens is 2. The van der Waals surface area contributed by atoms with Crippen molar-refractivity contribution in [1.29, 1.82) is 0 Å². The van der Waals surface area contributed by atoms with Crippen molar-refractivity contribution in [2.24, 2.45) is 5.92 Å². The molecule has 0 aliphatic carbocycles. The minimum absolute atomic E-state index is 0.0402. The van der Waals surface area contributed by atoms with Crippen molar-refractivity contribution >= 4 is 17.6 Å². The molecule has 0 fully saturated rings. The Morgan fingerprint density at radius 1 is 1.65 bits per heavy atom. The molecule has 0 amide bonds. The molecule has 0 aliphatic rings. The summed E-state index contributed by atoms with van der Waals surface area (Å²) in [5, 5.41) is 18.2. The molecule has 17 heavy (non-hydrogen) atoms. The first kappa shape index (κ1) is 13.6. The number of methoxy groups -OCH3 is 1. The van der Waals surface area contributed by atoms with Crippen molar-refractivity contribution in [3.05, 3.63) is 22.5 Å². The van der Waals surface area contributed by atoms with Gasteiger partial charge in [-0.05, 0) is 6.42 Å². The molecule has 0 aromatic heterocycles. The quantitative estimate of drug-likeness (QED) is 0.875. The molecule has 1 aromatic carbocycles. The molecule has 94 valence electrons. The third-order valence-electron chi connectivity index (χ3n) is 2.40. The van der Waals surface area contributed by atoms with Gasteiger partial charge in [0, 0.05) is 11.6 Å². The summed E-state index contributed by atoms with van der Waals surface area (Å²) in [5.41, 5.74) is 0.0402. The Balaban J connectivity index is 3.22. The summed E-state index contributed by atoms with van der Waals surface area (Å²) in [6, 6.07) is 0.951. The maximum Gasteiger partial charge on any atom is 0.306 e. The highest BCUT2D eigenvalue weighted by Crippen LogP contribution is 2.38. The number of rotatable bonds is 4. The van der Waals surface area contributed by atoms with Crippen molar-refractivity contribution in [1.82, 2.24) is 0 Å². The number of phenols is 1. The van der Waals surface area contributed by atoms with Gasteiger partial charge >= 0.3 is 5.97 Å². The lowest BCUT2D eigenvalue weighted by molar-refractivity contribution is -0.141. The maximum absolute atomic E-state index is 13.4. The van der Waals surface area contributed by atoms with Gasteiger partial charge in [0.25, 0.3) is 0 Å². The van der Waals surface area contributed by atoms with Crippen LogP contribution in [0.1, 0.15) is 12.5 Å². The van der Waals surface area contributed by atoms with Crippen molar-refractivity contribution in [3.8, 4) is 11.5 Å². The molecule has 0 saturated heterocycles. The average Bonchev–Trinajstić information content (AvgIpc) is 2.28. The number of phenolic OH excluding ortho intramolecular Hbond substituents is 1. The number of hydrogen-bond donors (Lipinski definition) is 2. The van der Waals surface area contributed by atoms with Gasteiger partial charge in [-0.3, -0.25) is 4.79 Å². The van der Waals surface area contributed by atoms with Crippen LogP contribution in [-0.4, -0.2) is 23.3 Å². The van der Waals surface area contributed by atoms with E-state index < -0.39 is 17.7 Å². The van der Waals surface area contributed by atoms with Gasteiger partial charge in [-0.1, -0.05) is 18.5 Å². The summed E-state index contributed by atoms with van der Waals surface area (Å²) in [6.07, 6.45) is -0.0753. The minimum atomic E-state index is -1.05. The van der Waals surface area contributed by atoms with E-state index in [1.54, 1.807) is 0 Å². The van der Waals surface area contributed by atoms with Crippen LogP contribution >= 0.6 is 11.6 Å². The standard InChI is InChI=1S/C11H12ClFO4/c1-5(11(15)16)3-6-9(12)7(13)4-8(17-2)10(6)14/h4-5,14H,3H2,1-2H3,(H,15,16). The first-order valence-corrected chi connectivity index (χ1v) is 5.22. The van der Waals surface area contributed by atoms with Crippen LogP contribution in [0.5, 0.6) is 11.5 Å². The fraction of sp³-hybridized carbons (Fsp3) is 0.364. The largest absolute Gasteiger partial charge is 0.504 e. The Labute approximate surface area is 103 Å². The molecular formula is C11H12ClFO4. The zero-order valence-electron chi connectivity index (χ0n) is 9.33. The third-order valence-corrected chi connectivity index (χ3v) is 2.81. The fourth-order valence-electron chi connectivity index (χ4n) is 1.38. The fourth-order valence-corrected chi connectivity index (χ4v) is 1.60. The second kappa shape index (κ2) is 5.23. The molecule has 0 spiro atoms. The van der Waals surface area contributed by atoms with E-state index in [-0.39, 0.29) is 28.5 Å². The SMILES string of the molecule is COc1cc(F)c(Cl)c(CC(C)C(=O)O)c1O. The van der Waals surface area contributed by atoms with Crippen LogP contribution in [0.4, 0.5) is 4.39 Å². The highest BCUT2D eigenvalue weighted by molar-refractivity contribution is 6.31. The number of carbonyl (C=O) groups is 1. The monoisotopic (exact) mass is 262 g/mol. The Bertz CT molecular complexity index is 448. The Kier molecular flexibility index (Phi) is 4.17. The summed E-state index contributed by atoms with van der Waals surface area (Å²) < 4.78 is 18.2. The number of hydrogen-bond acceptors (Lipinski definition) is 3. The molecule has 1 atom stereocenters. The summed E-state index contributed by atoms with van der Waals surface area (Å²) in [5.74, 6) is -2.99. The zero-order valence-corrected chi connectivity index (χ0v) is 10.1. The molecule has 4 nitrogen and oxygen atoms in total. The Morgan fingerprint density at radius 3 is 2.71 bits per heavy atom. The van der Waals surface area contributed by atoms with Gasteiger partial charge in [0.2, 0.25) is 0 Å². The highest BCUT2D eigenvalue weighted by Gasteiger charge is 2.21. The molecule has 1 aromatic rings.